The van der Waals surface area contributed by atoms with Crippen molar-refractivity contribution >= 4 is 29.4 Å². The van der Waals surface area contributed by atoms with Crippen LogP contribution in [0.1, 0.15) is 84.3 Å². The zero-order valence-corrected chi connectivity index (χ0v) is 31.7. The molecule has 2 aliphatic carbocycles. The molecule has 4 amide bonds. The van der Waals surface area contributed by atoms with E-state index in [1.54, 1.807) is 6.08 Å². The average Bonchev–Trinajstić information content (AvgIpc) is 4.05. The summed E-state index contributed by atoms with van der Waals surface area (Å²) < 4.78 is 6.42. The maximum absolute atomic E-state index is 14.6. The van der Waals surface area contributed by atoms with Crippen LogP contribution in [0.4, 0.5) is 4.79 Å². The first-order valence-electron chi connectivity index (χ1n) is 19.2. The SMILES string of the molecule is C=CCNCC(=O)C(CC1CC1)NC(=O)[C@@H]1C[C@@H](OCN2CCc3ccccc3C2)CN1C(=O)[C@@H](NC(=O)N[C@H](C(=O)C1CC1)C(C)C)C(C)(C)C. The number of hydrogen-bond donors (Lipinski definition) is 4. The monoisotopic (exact) mass is 720 g/mol. The van der Waals surface area contributed by atoms with Gasteiger partial charge in [-0.05, 0) is 54.1 Å². The minimum absolute atomic E-state index is 0.0206. The number of Topliss-reactive ketones (excluding diaryl/α,β-unsaturated/α-hetero) is 2. The van der Waals surface area contributed by atoms with Crippen LogP contribution in [0.15, 0.2) is 36.9 Å². The third kappa shape index (κ3) is 10.7. The molecular weight excluding hydrogens is 660 g/mol. The van der Waals surface area contributed by atoms with Crippen LogP contribution < -0.4 is 21.3 Å². The molecular formula is C40H60N6O6. The van der Waals surface area contributed by atoms with Crippen molar-refractivity contribution in [1.82, 2.24) is 31.1 Å². The Balaban J connectivity index is 1.31. The number of carbonyl (C=O) groups is 5. The van der Waals surface area contributed by atoms with Crippen LogP contribution >= 0.6 is 0 Å². The number of benzene rings is 1. The number of nitrogens with one attached hydrogen (secondary N) is 4. The van der Waals surface area contributed by atoms with E-state index < -0.39 is 53.5 Å². The Hall–Kier alpha value is -3.61. The molecule has 286 valence electrons. The zero-order valence-electron chi connectivity index (χ0n) is 31.7. The van der Waals surface area contributed by atoms with E-state index in [-0.39, 0.29) is 42.9 Å². The minimum Gasteiger partial charge on any atom is -0.361 e. The minimum atomic E-state index is -1.00. The second kappa shape index (κ2) is 17.5. The standard InChI is InChI=1S/C40H60N6O6/c1-7-17-41-21-33(47)31(19-26-12-13-26)42-37(49)32-20-30(52-24-45-18-16-27-10-8-9-11-29(27)22-45)23-46(32)38(50)36(40(4,5)6)44-39(51)43-34(25(2)3)35(48)28-14-15-28/h7-11,25-26,28,30-32,34,36,41H,1,12-24H2,2-6H3,(H,42,49)(H2,43,44,51)/t30-,31?,32+,34+,36-/m1/s1. The number of amides is 4. The summed E-state index contributed by atoms with van der Waals surface area (Å²) in [5.41, 5.74) is 1.87. The quantitative estimate of drug-likeness (QED) is 0.133. The Labute approximate surface area is 309 Å². The summed E-state index contributed by atoms with van der Waals surface area (Å²) in [7, 11) is 0. The Morgan fingerprint density at radius 1 is 1.00 bits per heavy atom. The Bertz CT molecular complexity index is 1470. The van der Waals surface area contributed by atoms with Crippen LogP contribution in [0.25, 0.3) is 0 Å². The number of carbonyl (C=O) groups excluding carboxylic acids is 5. The van der Waals surface area contributed by atoms with Gasteiger partial charge in [0.2, 0.25) is 11.8 Å². The van der Waals surface area contributed by atoms with Crippen LogP contribution in [0.5, 0.6) is 0 Å². The van der Waals surface area contributed by atoms with Crippen molar-refractivity contribution < 1.29 is 28.7 Å². The fourth-order valence-corrected chi connectivity index (χ4v) is 7.25. The van der Waals surface area contributed by atoms with Crippen molar-refractivity contribution in [1.29, 1.82) is 0 Å². The highest BCUT2D eigenvalue weighted by molar-refractivity contribution is 5.96. The summed E-state index contributed by atoms with van der Waals surface area (Å²) in [6.45, 7) is 15.7. The number of nitrogens with zero attached hydrogens (tertiary/aromatic N) is 2. The molecule has 0 radical (unpaired) electrons. The van der Waals surface area contributed by atoms with E-state index in [9.17, 15) is 24.0 Å². The van der Waals surface area contributed by atoms with Crippen molar-refractivity contribution in [3.05, 3.63) is 48.0 Å². The van der Waals surface area contributed by atoms with Crippen molar-refractivity contribution in [2.45, 2.75) is 116 Å². The Morgan fingerprint density at radius 3 is 2.35 bits per heavy atom. The first-order valence-corrected chi connectivity index (χ1v) is 19.2. The van der Waals surface area contributed by atoms with E-state index >= 15 is 0 Å². The molecule has 0 spiro atoms. The number of ether oxygens (including phenoxy) is 1. The average molecular weight is 721 g/mol. The smallest absolute Gasteiger partial charge is 0.316 e. The van der Waals surface area contributed by atoms with E-state index in [1.807, 2.05) is 40.7 Å². The van der Waals surface area contributed by atoms with Gasteiger partial charge in [-0.3, -0.25) is 24.1 Å². The zero-order chi connectivity index (χ0) is 37.6. The van der Waals surface area contributed by atoms with Crippen LogP contribution in [-0.4, -0.2) is 102 Å². The van der Waals surface area contributed by atoms with E-state index in [2.05, 4.69) is 50.9 Å². The summed E-state index contributed by atoms with van der Waals surface area (Å²) >= 11 is 0. The number of ketones is 2. The molecule has 2 aliphatic heterocycles. The van der Waals surface area contributed by atoms with Gasteiger partial charge in [0.05, 0.1) is 31.5 Å². The number of likely N-dealkylation sites (tertiary alicyclic amines) is 1. The molecule has 0 bridgehead atoms. The van der Waals surface area contributed by atoms with Crippen LogP contribution in [-0.2, 0) is 36.9 Å². The van der Waals surface area contributed by atoms with Gasteiger partial charge in [0.1, 0.15) is 12.1 Å². The topological polar surface area (TPSA) is 149 Å². The first kappa shape index (κ1) is 39.6. The molecule has 52 heavy (non-hydrogen) atoms. The van der Waals surface area contributed by atoms with Crippen LogP contribution in [0, 0.1) is 23.2 Å². The van der Waals surface area contributed by atoms with Gasteiger partial charge in [-0.15, -0.1) is 6.58 Å². The second-order valence-corrected chi connectivity index (χ2v) is 16.7. The third-order valence-electron chi connectivity index (χ3n) is 10.7. The van der Waals surface area contributed by atoms with Gasteiger partial charge in [0.15, 0.2) is 11.6 Å². The van der Waals surface area contributed by atoms with Crippen molar-refractivity contribution in [2.24, 2.45) is 23.2 Å². The Morgan fingerprint density at radius 2 is 1.71 bits per heavy atom. The van der Waals surface area contributed by atoms with Gasteiger partial charge in [0, 0.05) is 38.5 Å². The molecule has 2 heterocycles. The normalized spacial score (nSPS) is 22.2. The molecule has 0 aromatic heterocycles. The van der Waals surface area contributed by atoms with Gasteiger partial charge in [-0.2, -0.15) is 0 Å². The molecule has 1 aromatic carbocycles. The van der Waals surface area contributed by atoms with E-state index in [0.29, 0.717) is 25.6 Å². The lowest BCUT2D eigenvalue weighted by atomic mass is 9.85. The lowest BCUT2D eigenvalue weighted by Gasteiger charge is -2.36. The molecule has 5 rings (SSSR count). The fraction of sp³-hybridized carbons (Fsp3) is 0.675. The molecule has 4 N–H and O–H groups in total. The summed E-state index contributed by atoms with van der Waals surface area (Å²) in [6.07, 6.45) is 6.70. The number of hydrogen-bond acceptors (Lipinski definition) is 8. The fourth-order valence-electron chi connectivity index (χ4n) is 7.25. The van der Waals surface area contributed by atoms with Crippen molar-refractivity contribution in [3.8, 4) is 0 Å². The Kier molecular flexibility index (Phi) is 13.3. The third-order valence-corrected chi connectivity index (χ3v) is 10.7. The largest absolute Gasteiger partial charge is 0.361 e. The van der Waals surface area contributed by atoms with E-state index in [1.165, 1.54) is 16.0 Å². The van der Waals surface area contributed by atoms with Crippen LogP contribution in [0.3, 0.4) is 0 Å². The molecule has 4 aliphatic rings. The number of urea groups is 1. The molecule has 12 heteroatoms. The molecule has 3 fully saturated rings. The second-order valence-electron chi connectivity index (χ2n) is 16.7. The molecule has 1 unspecified atom stereocenters. The van der Waals surface area contributed by atoms with Gasteiger partial charge in [-0.25, -0.2) is 4.79 Å². The van der Waals surface area contributed by atoms with Crippen molar-refractivity contribution in [2.75, 3.05) is 32.9 Å². The van der Waals surface area contributed by atoms with Crippen LogP contribution in [0.2, 0.25) is 0 Å². The van der Waals surface area contributed by atoms with Gasteiger partial charge in [-0.1, -0.05) is 77.8 Å². The van der Waals surface area contributed by atoms with Crippen molar-refractivity contribution in [3.63, 3.8) is 0 Å². The predicted octanol–water partition coefficient (Wildman–Crippen LogP) is 3.34. The highest BCUT2D eigenvalue weighted by Gasteiger charge is 2.47. The molecule has 1 saturated heterocycles. The summed E-state index contributed by atoms with van der Waals surface area (Å²) in [5, 5.41) is 11.8. The predicted molar refractivity (Wildman–Crippen MR) is 199 cm³/mol. The van der Waals surface area contributed by atoms with Gasteiger partial charge in [0.25, 0.3) is 0 Å². The lowest BCUT2D eigenvalue weighted by molar-refractivity contribution is -0.142. The molecule has 1 aromatic rings. The molecule has 5 atom stereocenters. The van der Waals surface area contributed by atoms with Gasteiger partial charge >= 0.3 is 6.03 Å². The number of rotatable bonds is 18. The summed E-state index contributed by atoms with van der Waals surface area (Å²) in [5.74, 6) is -0.653. The highest BCUT2D eigenvalue weighted by atomic mass is 16.5. The number of fused-ring (bicyclic) bond motifs is 1. The first-order chi connectivity index (χ1) is 24.7. The van der Waals surface area contributed by atoms with E-state index in [0.717, 1.165) is 45.2 Å². The van der Waals surface area contributed by atoms with Gasteiger partial charge < -0.3 is 30.9 Å². The summed E-state index contributed by atoms with van der Waals surface area (Å²) in [6, 6.07) is 4.55. The molecule has 2 saturated carbocycles. The lowest BCUT2D eigenvalue weighted by Crippen LogP contribution is -2.61. The van der Waals surface area contributed by atoms with E-state index in [4.69, 9.17) is 4.74 Å². The molecule has 12 nitrogen and oxygen atoms in total. The maximum Gasteiger partial charge on any atom is 0.316 e. The highest BCUT2D eigenvalue weighted by Crippen LogP contribution is 2.34. The summed E-state index contributed by atoms with van der Waals surface area (Å²) in [4.78, 5) is 72.2. The maximum atomic E-state index is 14.6.